The fourth-order valence-corrected chi connectivity index (χ4v) is 2.48. The van der Waals surface area contributed by atoms with Gasteiger partial charge in [-0.1, -0.05) is 0 Å². The Balaban J connectivity index is 2.15. The van der Waals surface area contributed by atoms with Crippen LogP contribution in [0.5, 0.6) is 0 Å². The van der Waals surface area contributed by atoms with Crippen molar-refractivity contribution in [2.24, 2.45) is 0 Å². The van der Waals surface area contributed by atoms with Gasteiger partial charge in [0.25, 0.3) is 5.91 Å². The normalized spacial score (nSPS) is 16.1. The van der Waals surface area contributed by atoms with Crippen LogP contribution in [0.4, 0.5) is 5.69 Å². The van der Waals surface area contributed by atoms with E-state index < -0.39 is 0 Å². The Kier molecular flexibility index (Phi) is 2.82. The van der Waals surface area contributed by atoms with Crippen molar-refractivity contribution in [1.82, 2.24) is 10.2 Å². The summed E-state index contributed by atoms with van der Waals surface area (Å²) in [5.74, 6) is -0.222. The Labute approximate surface area is 97.2 Å². The summed E-state index contributed by atoms with van der Waals surface area (Å²) in [6.45, 7) is 3.08. The first-order valence-corrected chi connectivity index (χ1v) is 5.81. The van der Waals surface area contributed by atoms with E-state index in [4.69, 9.17) is 5.73 Å². The largest absolute Gasteiger partial charge is 0.398 e. The fourth-order valence-electron chi connectivity index (χ4n) is 1.57. The first-order chi connectivity index (χ1) is 7.58. The Hall–Kier alpha value is -1.56. The van der Waals surface area contributed by atoms with E-state index in [0.29, 0.717) is 23.7 Å². The summed E-state index contributed by atoms with van der Waals surface area (Å²) in [5, 5.41) is 2.68. The predicted octanol–water partition coefficient (Wildman–Crippen LogP) is 0.211. The van der Waals surface area contributed by atoms with Crippen molar-refractivity contribution >= 4 is 28.8 Å². The molecule has 0 unspecified atom stereocenters. The van der Waals surface area contributed by atoms with Gasteiger partial charge in [-0.2, -0.15) is 0 Å². The highest BCUT2D eigenvalue weighted by Crippen LogP contribution is 2.24. The van der Waals surface area contributed by atoms with E-state index in [1.807, 2.05) is 6.92 Å². The van der Waals surface area contributed by atoms with Crippen LogP contribution in [0.3, 0.4) is 0 Å². The smallest absolute Gasteiger partial charge is 0.264 e. The second-order valence-corrected chi connectivity index (χ2v) is 4.96. The second kappa shape index (κ2) is 4.13. The number of hydrogen-bond donors (Lipinski definition) is 2. The van der Waals surface area contributed by atoms with Crippen LogP contribution in [0.25, 0.3) is 0 Å². The van der Waals surface area contributed by atoms with E-state index >= 15 is 0 Å². The lowest BCUT2D eigenvalue weighted by Gasteiger charge is -2.26. The van der Waals surface area contributed by atoms with Gasteiger partial charge in [-0.05, 0) is 13.0 Å². The summed E-state index contributed by atoms with van der Waals surface area (Å²) in [7, 11) is 0. The molecule has 0 saturated carbocycles. The summed E-state index contributed by atoms with van der Waals surface area (Å²) in [5.41, 5.74) is 6.33. The summed E-state index contributed by atoms with van der Waals surface area (Å²) in [6.07, 6.45) is 0. The number of carbonyl (C=O) groups excluding carboxylic acids is 2. The molecule has 1 fully saturated rings. The van der Waals surface area contributed by atoms with Crippen molar-refractivity contribution in [2.75, 3.05) is 25.4 Å². The van der Waals surface area contributed by atoms with E-state index in [9.17, 15) is 9.59 Å². The maximum absolute atomic E-state index is 12.0. The van der Waals surface area contributed by atoms with E-state index in [0.717, 1.165) is 4.88 Å². The number of piperazine rings is 1. The van der Waals surface area contributed by atoms with Gasteiger partial charge >= 0.3 is 0 Å². The molecular formula is C10H13N3O2S. The van der Waals surface area contributed by atoms with Crippen LogP contribution < -0.4 is 11.1 Å². The molecule has 2 rings (SSSR count). The Morgan fingerprint density at radius 3 is 2.94 bits per heavy atom. The number of aryl methyl sites for hydroxylation is 1. The number of carbonyl (C=O) groups is 2. The zero-order valence-corrected chi connectivity index (χ0v) is 9.76. The molecule has 0 aromatic carbocycles. The number of nitrogen functional groups attached to an aromatic ring is 1. The highest BCUT2D eigenvalue weighted by Gasteiger charge is 2.23. The second-order valence-electron chi connectivity index (χ2n) is 3.70. The van der Waals surface area contributed by atoms with Crippen LogP contribution in [0, 0.1) is 6.92 Å². The Bertz CT molecular complexity index is 422. The van der Waals surface area contributed by atoms with Crippen molar-refractivity contribution in [1.29, 1.82) is 0 Å². The van der Waals surface area contributed by atoms with Gasteiger partial charge in [0, 0.05) is 23.7 Å². The molecule has 6 heteroatoms. The monoisotopic (exact) mass is 239 g/mol. The molecular weight excluding hydrogens is 226 g/mol. The zero-order chi connectivity index (χ0) is 11.7. The number of nitrogens with two attached hydrogens (primary N) is 1. The molecule has 86 valence electrons. The van der Waals surface area contributed by atoms with Gasteiger partial charge in [-0.15, -0.1) is 11.3 Å². The fraction of sp³-hybridized carbons (Fsp3) is 0.400. The minimum Gasteiger partial charge on any atom is -0.398 e. The molecule has 5 nitrogen and oxygen atoms in total. The lowest BCUT2D eigenvalue weighted by Crippen LogP contribution is -2.49. The van der Waals surface area contributed by atoms with Crippen molar-refractivity contribution in [3.63, 3.8) is 0 Å². The van der Waals surface area contributed by atoms with Gasteiger partial charge in [-0.3, -0.25) is 9.59 Å². The summed E-state index contributed by atoms with van der Waals surface area (Å²) < 4.78 is 0. The molecule has 0 aliphatic carbocycles. The van der Waals surface area contributed by atoms with Crippen LogP contribution >= 0.6 is 11.3 Å². The third-order valence-corrected chi connectivity index (χ3v) is 3.55. The maximum Gasteiger partial charge on any atom is 0.264 e. The number of thiophene rings is 1. The van der Waals surface area contributed by atoms with Crippen molar-refractivity contribution in [3.05, 3.63) is 15.8 Å². The molecule has 1 aromatic heterocycles. The molecule has 1 aliphatic rings. The van der Waals surface area contributed by atoms with Crippen molar-refractivity contribution in [2.45, 2.75) is 6.92 Å². The number of nitrogens with one attached hydrogen (secondary N) is 1. The Morgan fingerprint density at radius 1 is 1.62 bits per heavy atom. The molecule has 1 saturated heterocycles. The molecule has 0 radical (unpaired) electrons. The lowest BCUT2D eigenvalue weighted by atomic mass is 10.3. The van der Waals surface area contributed by atoms with Crippen molar-refractivity contribution < 1.29 is 9.59 Å². The van der Waals surface area contributed by atoms with Gasteiger partial charge in [-0.25, -0.2) is 0 Å². The molecule has 0 bridgehead atoms. The molecule has 0 atom stereocenters. The summed E-state index contributed by atoms with van der Waals surface area (Å²) in [4.78, 5) is 26.2. The molecule has 2 amide bonds. The Morgan fingerprint density at radius 2 is 2.38 bits per heavy atom. The first-order valence-electron chi connectivity index (χ1n) is 5.00. The average molecular weight is 239 g/mol. The summed E-state index contributed by atoms with van der Waals surface area (Å²) in [6, 6.07) is 1.68. The van der Waals surface area contributed by atoms with Gasteiger partial charge < -0.3 is 16.0 Å². The van der Waals surface area contributed by atoms with E-state index in [1.165, 1.54) is 11.3 Å². The molecule has 1 aromatic rings. The van der Waals surface area contributed by atoms with Crippen LogP contribution in [0.2, 0.25) is 0 Å². The van der Waals surface area contributed by atoms with E-state index in [1.54, 1.807) is 11.0 Å². The third-order valence-electron chi connectivity index (χ3n) is 2.49. The topological polar surface area (TPSA) is 75.4 Å². The number of nitrogens with zero attached hydrogens (tertiary/aromatic N) is 1. The third kappa shape index (κ3) is 2.01. The molecule has 0 spiro atoms. The quantitative estimate of drug-likeness (QED) is 0.735. The standard InChI is InChI=1S/C10H13N3O2S/c1-6-7(11)4-8(16-6)10(15)13-3-2-12-9(14)5-13/h4H,2-3,5,11H2,1H3,(H,12,14). The predicted molar refractivity (Wildman–Crippen MR) is 62.4 cm³/mol. The molecule has 16 heavy (non-hydrogen) atoms. The number of amides is 2. The zero-order valence-electron chi connectivity index (χ0n) is 8.95. The van der Waals surface area contributed by atoms with Crippen molar-refractivity contribution in [3.8, 4) is 0 Å². The molecule has 1 aliphatic heterocycles. The van der Waals surface area contributed by atoms with Crippen LogP contribution in [-0.2, 0) is 4.79 Å². The minimum atomic E-state index is -0.111. The van der Waals surface area contributed by atoms with E-state index in [2.05, 4.69) is 5.32 Å². The minimum absolute atomic E-state index is 0.110. The van der Waals surface area contributed by atoms with Gasteiger partial charge in [0.1, 0.15) is 0 Å². The molecule has 2 heterocycles. The highest BCUT2D eigenvalue weighted by molar-refractivity contribution is 7.14. The van der Waals surface area contributed by atoms with Crippen LogP contribution in [0.1, 0.15) is 14.5 Å². The van der Waals surface area contributed by atoms with Gasteiger partial charge in [0.15, 0.2) is 0 Å². The first kappa shape index (κ1) is 10.9. The van der Waals surface area contributed by atoms with E-state index in [-0.39, 0.29) is 18.4 Å². The van der Waals surface area contributed by atoms with Crippen LogP contribution in [-0.4, -0.2) is 36.3 Å². The summed E-state index contributed by atoms with van der Waals surface area (Å²) >= 11 is 1.37. The van der Waals surface area contributed by atoms with Gasteiger partial charge in [0.05, 0.1) is 11.4 Å². The SMILES string of the molecule is Cc1sc(C(=O)N2CCNC(=O)C2)cc1N. The lowest BCUT2D eigenvalue weighted by molar-refractivity contribution is -0.123. The number of anilines is 1. The number of rotatable bonds is 1. The average Bonchev–Trinajstić information content (AvgIpc) is 2.58. The highest BCUT2D eigenvalue weighted by atomic mass is 32.1. The van der Waals surface area contributed by atoms with Gasteiger partial charge in [0.2, 0.25) is 5.91 Å². The van der Waals surface area contributed by atoms with Crippen LogP contribution in [0.15, 0.2) is 6.07 Å². The molecule has 3 N–H and O–H groups in total. The number of hydrogen-bond acceptors (Lipinski definition) is 4. The maximum atomic E-state index is 12.0.